The molecule has 112 valence electrons. The summed E-state index contributed by atoms with van der Waals surface area (Å²) in [5.41, 5.74) is 1.20. The van der Waals surface area contributed by atoms with Crippen LogP contribution in [0.1, 0.15) is 31.2 Å². The van der Waals surface area contributed by atoms with Gasteiger partial charge in [0.25, 0.3) is 0 Å². The number of rotatable bonds is 2. The van der Waals surface area contributed by atoms with Crippen molar-refractivity contribution in [2.75, 3.05) is 18.1 Å². The van der Waals surface area contributed by atoms with Crippen molar-refractivity contribution < 1.29 is 13.6 Å². The van der Waals surface area contributed by atoms with Crippen LogP contribution in [0.5, 0.6) is 0 Å². The third kappa shape index (κ3) is 1.93. The summed E-state index contributed by atoms with van der Waals surface area (Å²) in [6.07, 6.45) is 4.72. The number of benzene rings is 1. The Morgan fingerprint density at radius 1 is 1.19 bits per heavy atom. The molecule has 1 saturated heterocycles. The third-order valence-corrected chi connectivity index (χ3v) is 5.10. The van der Waals surface area contributed by atoms with Gasteiger partial charge in [-0.2, -0.15) is 0 Å². The van der Waals surface area contributed by atoms with E-state index >= 15 is 0 Å². The predicted molar refractivity (Wildman–Crippen MR) is 74.9 cm³/mol. The highest BCUT2D eigenvalue weighted by Gasteiger charge is 2.50. The van der Waals surface area contributed by atoms with Gasteiger partial charge in [-0.05, 0) is 37.3 Å². The maximum Gasteiger partial charge on any atom is 0.229 e. The Bertz CT molecular complexity index is 604. The molecular weight excluding hydrogens is 274 g/mol. The second-order valence-electron chi connectivity index (χ2n) is 6.32. The smallest absolute Gasteiger partial charge is 0.229 e. The fourth-order valence-corrected chi connectivity index (χ4v) is 4.13. The normalized spacial score (nSPS) is 27.4. The topological polar surface area (TPSA) is 23.6 Å². The average Bonchev–Trinajstić information content (AvgIpc) is 2.88. The van der Waals surface area contributed by atoms with Crippen LogP contribution in [0.25, 0.3) is 0 Å². The van der Waals surface area contributed by atoms with Gasteiger partial charge in [0.2, 0.25) is 5.91 Å². The third-order valence-electron chi connectivity index (χ3n) is 5.10. The molecule has 1 saturated carbocycles. The highest BCUT2D eigenvalue weighted by molar-refractivity contribution is 5.86. The van der Waals surface area contributed by atoms with Crippen molar-refractivity contribution in [1.82, 2.24) is 4.90 Å². The number of aryl methyl sites for hydroxylation is 1. The molecule has 0 aromatic heterocycles. The second kappa shape index (κ2) is 4.68. The first-order valence-electron chi connectivity index (χ1n) is 7.68. The summed E-state index contributed by atoms with van der Waals surface area (Å²) >= 11 is 0. The minimum absolute atomic E-state index is 0.201. The van der Waals surface area contributed by atoms with Gasteiger partial charge >= 0.3 is 0 Å². The molecule has 3 aliphatic rings. The summed E-state index contributed by atoms with van der Waals surface area (Å²) in [6, 6.07) is 2.69. The number of hydrogen-bond donors (Lipinski definition) is 0. The number of nitrogens with zero attached hydrogens (tertiary/aromatic N) is 2. The Hall–Kier alpha value is -1.65. The molecule has 2 aliphatic heterocycles. The molecule has 0 radical (unpaired) electrons. The van der Waals surface area contributed by atoms with E-state index in [1.54, 1.807) is 0 Å². The zero-order valence-corrected chi connectivity index (χ0v) is 11.8. The van der Waals surface area contributed by atoms with Gasteiger partial charge in [0, 0.05) is 18.7 Å². The molecule has 2 fully saturated rings. The Balaban J connectivity index is 1.59. The number of fused-ring (bicyclic) bond motifs is 2. The first-order chi connectivity index (χ1) is 10.1. The number of hydrogen-bond acceptors (Lipinski definition) is 2. The van der Waals surface area contributed by atoms with Crippen molar-refractivity contribution in [3.05, 3.63) is 29.3 Å². The van der Waals surface area contributed by atoms with Crippen LogP contribution in [0.15, 0.2) is 12.1 Å². The number of carbonyl (C=O) groups excluding carboxylic acids is 1. The van der Waals surface area contributed by atoms with Crippen molar-refractivity contribution in [3.63, 3.8) is 0 Å². The van der Waals surface area contributed by atoms with Crippen molar-refractivity contribution in [1.29, 1.82) is 0 Å². The summed E-state index contributed by atoms with van der Waals surface area (Å²) in [6.45, 7) is 1.16. The predicted octanol–water partition coefficient (Wildman–Crippen LogP) is 2.69. The van der Waals surface area contributed by atoms with Crippen LogP contribution in [0, 0.1) is 17.6 Å². The SMILES string of the molecule is O=C1C2CCCC2N1CN1CCCc2cc(F)cc(F)c21. The van der Waals surface area contributed by atoms with Gasteiger partial charge in [0.15, 0.2) is 0 Å². The van der Waals surface area contributed by atoms with E-state index in [0.29, 0.717) is 24.8 Å². The molecule has 21 heavy (non-hydrogen) atoms. The van der Waals surface area contributed by atoms with Crippen molar-refractivity contribution >= 4 is 11.6 Å². The van der Waals surface area contributed by atoms with Crippen LogP contribution < -0.4 is 4.90 Å². The highest BCUT2D eigenvalue weighted by Crippen LogP contribution is 2.41. The molecule has 0 bridgehead atoms. The van der Waals surface area contributed by atoms with E-state index in [1.165, 1.54) is 6.07 Å². The molecule has 2 atom stereocenters. The standard InChI is InChI=1S/C16H18F2N2O/c17-11-7-10-3-2-6-19(15(10)13(18)8-11)9-20-14-5-1-4-12(14)16(20)21/h7-8,12,14H,1-6,9H2. The lowest BCUT2D eigenvalue weighted by Crippen LogP contribution is -2.61. The lowest BCUT2D eigenvalue weighted by atomic mass is 9.91. The minimum atomic E-state index is -0.524. The molecule has 1 amide bonds. The van der Waals surface area contributed by atoms with E-state index in [0.717, 1.165) is 43.9 Å². The maximum atomic E-state index is 14.1. The molecule has 0 N–H and O–H groups in total. The number of anilines is 1. The zero-order valence-electron chi connectivity index (χ0n) is 11.8. The molecular formula is C16H18F2N2O. The summed E-state index contributed by atoms with van der Waals surface area (Å²) in [4.78, 5) is 15.9. The Kier molecular flexibility index (Phi) is 2.91. The van der Waals surface area contributed by atoms with Gasteiger partial charge in [-0.25, -0.2) is 8.78 Å². The van der Waals surface area contributed by atoms with E-state index in [1.807, 2.05) is 9.80 Å². The summed E-state index contributed by atoms with van der Waals surface area (Å²) in [5, 5.41) is 0. The minimum Gasteiger partial charge on any atom is -0.351 e. The first-order valence-corrected chi connectivity index (χ1v) is 7.68. The Morgan fingerprint density at radius 3 is 2.90 bits per heavy atom. The quantitative estimate of drug-likeness (QED) is 0.783. The van der Waals surface area contributed by atoms with E-state index in [9.17, 15) is 13.6 Å². The zero-order chi connectivity index (χ0) is 14.6. The number of carbonyl (C=O) groups is 1. The van der Waals surface area contributed by atoms with Crippen LogP contribution in [0.3, 0.4) is 0 Å². The first kappa shape index (κ1) is 13.0. The molecule has 1 aromatic rings. The molecule has 5 heteroatoms. The number of halogens is 2. The molecule has 4 rings (SSSR count). The maximum absolute atomic E-state index is 14.1. The number of likely N-dealkylation sites (tertiary alicyclic amines) is 1. The molecule has 2 unspecified atom stereocenters. The van der Waals surface area contributed by atoms with Crippen LogP contribution in [-0.2, 0) is 11.2 Å². The molecule has 0 spiro atoms. The van der Waals surface area contributed by atoms with E-state index in [-0.39, 0.29) is 11.8 Å². The largest absolute Gasteiger partial charge is 0.351 e. The molecule has 3 nitrogen and oxygen atoms in total. The van der Waals surface area contributed by atoms with Crippen LogP contribution >= 0.6 is 0 Å². The van der Waals surface area contributed by atoms with Gasteiger partial charge in [-0.3, -0.25) is 4.79 Å². The van der Waals surface area contributed by atoms with Gasteiger partial charge < -0.3 is 9.80 Å². The fraction of sp³-hybridized carbons (Fsp3) is 0.562. The van der Waals surface area contributed by atoms with Gasteiger partial charge in [0.05, 0.1) is 18.3 Å². The summed E-state index contributed by atoms with van der Waals surface area (Å²) < 4.78 is 27.5. The molecule has 2 heterocycles. The average molecular weight is 292 g/mol. The van der Waals surface area contributed by atoms with E-state index in [4.69, 9.17) is 0 Å². The van der Waals surface area contributed by atoms with E-state index < -0.39 is 11.6 Å². The lowest BCUT2D eigenvalue weighted by Gasteiger charge is -2.47. The second-order valence-corrected chi connectivity index (χ2v) is 6.32. The van der Waals surface area contributed by atoms with Crippen LogP contribution in [0.2, 0.25) is 0 Å². The van der Waals surface area contributed by atoms with Crippen molar-refractivity contribution in [3.8, 4) is 0 Å². The molecule has 1 aliphatic carbocycles. The van der Waals surface area contributed by atoms with Gasteiger partial charge in [-0.1, -0.05) is 6.42 Å². The summed E-state index contributed by atoms with van der Waals surface area (Å²) in [7, 11) is 0. The van der Waals surface area contributed by atoms with Crippen LogP contribution in [-0.4, -0.2) is 30.1 Å². The van der Waals surface area contributed by atoms with Crippen molar-refractivity contribution in [2.24, 2.45) is 5.92 Å². The Morgan fingerprint density at radius 2 is 2.05 bits per heavy atom. The van der Waals surface area contributed by atoms with Crippen molar-refractivity contribution in [2.45, 2.75) is 38.1 Å². The highest BCUT2D eigenvalue weighted by atomic mass is 19.1. The monoisotopic (exact) mass is 292 g/mol. The lowest BCUT2D eigenvalue weighted by molar-refractivity contribution is -0.153. The van der Waals surface area contributed by atoms with Crippen LogP contribution in [0.4, 0.5) is 14.5 Å². The van der Waals surface area contributed by atoms with E-state index in [2.05, 4.69) is 0 Å². The molecule has 1 aromatic carbocycles. The van der Waals surface area contributed by atoms with Gasteiger partial charge in [-0.15, -0.1) is 0 Å². The summed E-state index contributed by atoms with van der Waals surface area (Å²) in [5.74, 6) is -0.635. The fourth-order valence-electron chi connectivity index (χ4n) is 4.13. The Labute approximate surface area is 122 Å². The number of β-lactam (4-membered cyclic amide) rings is 1. The number of amides is 1. The van der Waals surface area contributed by atoms with Gasteiger partial charge in [0.1, 0.15) is 11.6 Å².